The van der Waals surface area contributed by atoms with E-state index >= 15 is 0 Å². The zero-order valence-corrected chi connectivity index (χ0v) is 8.03. The van der Waals surface area contributed by atoms with E-state index in [2.05, 4.69) is 18.5 Å². The molecule has 72 valence electrons. The van der Waals surface area contributed by atoms with Crippen molar-refractivity contribution in [2.45, 2.75) is 0 Å². The molecule has 1 aromatic carbocycles. The molecule has 0 unspecified atom stereocenters. The molecule has 2 heteroatoms. The lowest BCUT2D eigenvalue weighted by Gasteiger charge is -2.04. The van der Waals surface area contributed by atoms with Crippen molar-refractivity contribution in [3.8, 4) is 0 Å². The average Bonchev–Trinajstić information content (AvgIpc) is 2.16. The third-order valence-corrected chi connectivity index (χ3v) is 1.58. The minimum atomic E-state index is 0.515. The molecule has 0 heterocycles. The van der Waals surface area contributed by atoms with E-state index in [1.807, 2.05) is 30.3 Å². The number of para-hydroxylation sites is 1. The first-order valence-electron chi connectivity index (χ1n) is 4.32. The topological polar surface area (TPSA) is 38.0 Å². The highest BCUT2D eigenvalue weighted by molar-refractivity contribution is 5.49. The quantitative estimate of drug-likeness (QED) is 0.709. The fourth-order valence-electron chi connectivity index (χ4n) is 0.956. The lowest BCUT2D eigenvalue weighted by molar-refractivity contribution is 1.42. The summed E-state index contributed by atoms with van der Waals surface area (Å²) in [6.07, 6.45) is 3.49. The van der Waals surface area contributed by atoms with Gasteiger partial charge in [-0.1, -0.05) is 31.4 Å². The molecule has 0 bridgehead atoms. The van der Waals surface area contributed by atoms with Crippen LogP contribution in [0.2, 0.25) is 0 Å². The van der Waals surface area contributed by atoms with Gasteiger partial charge in [0, 0.05) is 17.1 Å². The standard InChI is InChI=1S/C12H14N2/c1-10(13)8-9-11(2)14-12-6-4-3-5-7-12/h3-9,14H,1-2,13H2/b9-8-. The van der Waals surface area contributed by atoms with Gasteiger partial charge in [0.2, 0.25) is 0 Å². The van der Waals surface area contributed by atoms with Crippen LogP contribution in [-0.2, 0) is 0 Å². The van der Waals surface area contributed by atoms with Crippen LogP contribution in [-0.4, -0.2) is 0 Å². The van der Waals surface area contributed by atoms with Crippen molar-refractivity contribution in [3.63, 3.8) is 0 Å². The van der Waals surface area contributed by atoms with Crippen molar-refractivity contribution in [1.29, 1.82) is 0 Å². The second kappa shape index (κ2) is 4.92. The van der Waals surface area contributed by atoms with Crippen molar-refractivity contribution >= 4 is 5.69 Å². The first-order chi connectivity index (χ1) is 6.68. The fourth-order valence-corrected chi connectivity index (χ4v) is 0.956. The summed E-state index contributed by atoms with van der Waals surface area (Å²) in [5.74, 6) is 0. The molecule has 0 aliphatic heterocycles. The van der Waals surface area contributed by atoms with E-state index in [1.54, 1.807) is 12.2 Å². The summed E-state index contributed by atoms with van der Waals surface area (Å²) in [6.45, 7) is 7.38. The van der Waals surface area contributed by atoms with Crippen LogP contribution in [0.1, 0.15) is 0 Å². The van der Waals surface area contributed by atoms with Gasteiger partial charge in [-0.2, -0.15) is 0 Å². The van der Waals surface area contributed by atoms with E-state index in [0.717, 1.165) is 11.4 Å². The Morgan fingerprint density at radius 2 is 1.79 bits per heavy atom. The Labute approximate surface area is 84.4 Å². The fraction of sp³-hybridized carbons (Fsp3) is 0. The summed E-state index contributed by atoms with van der Waals surface area (Å²) in [6, 6.07) is 9.82. The predicted octanol–water partition coefficient (Wildman–Crippen LogP) is 2.64. The van der Waals surface area contributed by atoms with Gasteiger partial charge in [0.15, 0.2) is 0 Å². The Morgan fingerprint density at radius 1 is 1.14 bits per heavy atom. The zero-order valence-electron chi connectivity index (χ0n) is 8.03. The first-order valence-corrected chi connectivity index (χ1v) is 4.32. The first kappa shape index (κ1) is 10.1. The van der Waals surface area contributed by atoms with Gasteiger partial charge in [-0.25, -0.2) is 0 Å². The average molecular weight is 186 g/mol. The summed E-state index contributed by atoms with van der Waals surface area (Å²) in [7, 11) is 0. The Balaban J connectivity index is 2.54. The van der Waals surface area contributed by atoms with Gasteiger partial charge in [0.25, 0.3) is 0 Å². The van der Waals surface area contributed by atoms with Crippen molar-refractivity contribution in [2.24, 2.45) is 5.73 Å². The number of benzene rings is 1. The van der Waals surface area contributed by atoms with Crippen molar-refractivity contribution in [1.82, 2.24) is 0 Å². The van der Waals surface area contributed by atoms with Crippen LogP contribution in [0.4, 0.5) is 5.69 Å². The third-order valence-electron chi connectivity index (χ3n) is 1.58. The third kappa shape index (κ3) is 3.63. The lowest BCUT2D eigenvalue weighted by Crippen LogP contribution is -1.95. The lowest BCUT2D eigenvalue weighted by atomic mass is 10.3. The number of anilines is 1. The van der Waals surface area contributed by atoms with Crippen LogP contribution in [0.3, 0.4) is 0 Å². The molecule has 2 nitrogen and oxygen atoms in total. The molecule has 0 saturated heterocycles. The van der Waals surface area contributed by atoms with E-state index < -0.39 is 0 Å². The second-order valence-electron chi connectivity index (χ2n) is 2.92. The van der Waals surface area contributed by atoms with E-state index in [-0.39, 0.29) is 0 Å². The van der Waals surface area contributed by atoms with Gasteiger partial charge in [-0.15, -0.1) is 0 Å². The number of nitrogens with two attached hydrogens (primary N) is 1. The Bertz CT molecular complexity index is 350. The van der Waals surface area contributed by atoms with Crippen LogP contribution in [0.25, 0.3) is 0 Å². The van der Waals surface area contributed by atoms with Crippen LogP contribution in [0.15, 0.2) is 67.0 Å². The SMILES string of the molecule is C=C(N)/C=C\C(=C)Nc1ccccc1. The molecule has 0 aliphatic carbocycles. The molecule has 1 rings (SSSR count). The highest BCUT2D eigenvalue weighted by atomic mass is 14.9. The van der Waals surface area contributed by atoms with Gasteiger partial charge in [0.1, 0.15) is 0 Å². The number of allylic oxidation sites excluding steroid dienone is 2. The normalized spacial score (nSPS) is 10.0. The van der Waals surface area contributed by atoms with Gasteiger partial charge in [0.05, 0.1) is 0 Å². The molecular formula is C12H14N2. The summed E-state index contributed by atoms with van der Waals surface area (Å²) in [4.78, 5) is 0. The molecule has 0 saturated carbocycles. The molecule has 0 aromatic heterocycles. The van der Waals surface area contributed by atoms with Crippen LogP contribution >= 0.6 is 0 Å². The zero-order chi connectivity index (χ0) is 10.4. The van der Waals surface area contributed by atoms with Crippen molar-refractivity contribution < 1.29 is 0 Å². The summed E-state index contributed by atoms with van der Waals surface area (Å²) < 4.78 is 0. The largest absolute Gasteiger partial charge is 0.399 e. The van der Waals surface area contributed by atoms with Gasteiger partial charge >= 0.3 is 0 Å². The Kier molecular flexibility index (Phi) is 3.56. The van der Waals surface area contributed by atoms with Crippen LogP contribution in [0, 0.1) is 0 Å². The summed E-state index contributed by atoms with van der Waals surface area (Å²) >= 11 is 0. The highest BCUT2D eigenvalue weighted by Crippen LogP contribution is 2.08. The smallest absolute Gasteiger partial charge is 0.0384 e. The molecule has 14 heavy (non-hydrogen) atoms. The maximum absolute atomic E-state index is 5.38. The molecular weight excluding hydrogens is 172 g/mol. The van der Waals surface area contributed by atoms with E-state index in [9.17, 15) is 0 Å². The summed E-state index contributed by atoms with van der Waals surface area (Å²) in [5.41, 5.74) is 7.68. The maximum atomic E-state index is 5.38. The highest BCUT2D eigenvalue weighted by Gasteiger charge is 1.89. The molecule has 0 spiro atoms. The molecule has 0 amide bonds. The minimum absolute atomic E-state index is 0.515. The second-order valence-corrected chi connectivity index (χ2v) is 2.92. The van der Waals surface area contributed by atoms with Gasteiger partial charge in [-0.05, 0) is 24.3 Å². The Morgan fingerprint density at radius 3 is 2.36 bits per heavy atom. The van der Waals surface area contributed by atoms with E-state index in [0.29, 0.717) is 5.70 Å². The van der Waals surface area contributed by atoms with Gasteiger partial charge < -0.3 is 11.1 Å². The van der Waals surface area contributed by atoms with Crippen LogP contribution < -0.4 is 11.1 Å². The molecule has 0 atom stereocenters. The monoisotopic (exact) mass is 186 g/mol. The van der Waals surface area contributed by atoms with E-state index in [4.69, 9.17) is 5.73 Å². The number of hydrogen-bond donors (Lipinski definition) is 2. The molecule has 0 aliphatic rings. The summed E-state index contributed by atoms with van der Waals surface area (Å²) in [5, 5.41) is 3.12. The van der Waals surface area contributed by atoms with Crippen molar-refractivity contribution in [2.75, 3.05) is 5.32 Å². The number of rotatable bonds is 4. The number of nitrogens with one attached hydrogen (secondary N) is 1. The Hall–Kier alpha value is -1.96. The van der Waals surface area contributed by atoms with Crippen molar-refractivity contribution in [3.05, 3.63) is 67.0 Å². The minimum Gasteiger partial charge on any atom is -0.399 e. The molecule has 0 fully saturated rings. The predicted molar refractivity (Wildman–Crippen MR) is 61.7 cm³/mol. The maximum Gasteiger partial charge on any atom is 0.0384 e. The van der Waals surface area contributed by atoms with Gasteiger partial charge in [-0.3, -0.25) is 0 Å². The molecule has 0 radical (unpaired) electrons. The molecule has 1 aromatic rings. The number of hydrogen-bond acceptors (Lipinski definition) is 2. The molecule has 3 N–H and O–H groups in total. The van der Waals surface area contributed by atoms with Crippen LogP contribution in [0.5, 0.6) is 0 Å². The van der Waals surface area contributed by atoms with E-state index in [1.165, 1.54) is 0 Å².